The predicted molar refractivity (Wildman–Crippen MR) is 137 cm³/mol. The van der Waals surface area contributed by atoms with Gasteiger partial charge in [0, 0.05) is 35.0 Å². The molecule has 0 aliphatic heterocycles. The van der Waals surface area contributed by atoms with Gasteiger partial charge in [0.25, 0.3) is 0 Å². The van der Waals surface area contributed by atoms with Crippen LogP contribution >= 0.6 is 23.9 Å². The van der Waals surface area contributed by atoms with Crippen LogP contribution in [0.2, 0.25) is 0 Å². The lowest BCUT2D eigenvalue weighted by molar-refractivity contribution is 0.446. The van der Waals surface area contributed by atoms with Crippen LogP contribution < -0.4 is 8.61 Å². The van der Waals surface area contributed by atoms with Crippen LogP contribution in [0.3, 0.4) is 0 Å². The Morgan fingerprint density at radius 2 is 0.900 bits per heavy atom. The SMILES string of the molecule is c1ccc(N(SCCSN(c2ccccc2)C2CCCCC2)C2CCCCC2)cc1. The summed E-state index contributed by atoms with van der Waals surface area (Å²) in [6.45, 7) is 0. The van der Waals surface area contributed by atoms with Gasteiger partial charge in [-0.05, 0) is 73.8 Å². The Labute approximate surface area is 192 Å². The Bertz CT molecular complexity index is 649. The molecule has 0 saturated heterocycles. The van der Waals surface area contributed by atoms with Gasteiger partial charge in [0.15, 0.2) is 0 Å². The van der Waals surface area contributed by atoms with Gasteiger partial charge in [-0.2, -0.15) is 0 Å². The minimum absolute atomic E-state index is 0.694. The number of para-hydroxylation sites is 2. The number of nitrogens with zero attached hydrogens (tertiary/aromatic N) is 2. The average molecular weight is 441 g/mol. The highest BCUT2D eigenvalue weighted by Gasteiger charge is 2.24. The zero-order valence-electron chi connectivity index (χ0n) is 18.1. The third kappa shape index (κ3) is 6.13. The molecule has 2 aliphatic carbocycles. The molecule has 0 aromatic heterocycles. The van der Waals surface area contributed by atoms with Gasteiger partial charge in [0.05, 0.1) is 0 Å². The van der Waals surface area contributed by atoms with Crippen LogP contribution in [0.25, 0.3) is 0 Å². The molecular weight excluding hydrogens is 404 g/mol. The third-order valence-corrected chi connectivity index (χ3v) is 8.98. The summed E-state index contributed by atoms with van der Waals surface area (Å²) in [7, 11) is 0. The standard InChI is InChI=1S/C26H36N2S2/c1-5-13-23(14-6-1)27(24-15-7-2-8-16-24)29-21-22-30-28(25-17-9-3-10-18-25)26-19-11-4-12-20-26/h1,3,5-6,9-10,13-14,17-18,24,26H,2,4,7-8,11-12,15-16,19-22H2. The molecule has 4 heteroatoms. The van der Waals surface area contributed by atoms with E-state index < -0.39 is 0 Å². The lowest BCUT2D eigenvalue weighted by atomic mass is 9.95. The summed E-state index contributed by atoms with van der Waals surface area (Å²) in [6, 6.07) is 23.5. The first-order chi connectivity index (χ1) is 14.9. The maximum atomic E-state index is 2.63. The average Bonchev–Trinajstić information content (AvgIpc) is 2.84. The van der Waals surface area contributed by atoms with Gasteiger partial charge in [0.2, 0.25) is 0 Å². The molecule has 0 spiro atoms. The first kappa shape index (κ1) is 22.0. The number of hydrogen-bond acceptors (Lipinski definition) is 4. The molecule has 2 fully saturated rings. The maximum absolute atomic E-state index is 2.63. The number of anilines is 2. The maximum Gasteiger partial charge on any atom is 0.0473 e. The summed E-state index contributed by atoms with van der Waals surface area (Å²) in [5, 5.41) is 0. The first-order valence-corrected chi connectivity index (χ1v) is 13.7. The second-order valence-corrected chi connectivity index (χ2v) is 10.7. The molecule has 0 radical (unpaired) electrons. The zero-order valence-corrected chi connectivity index (χ0v) is 19.8. The highest BCUT2D eigenvalue weighted by Crippen LogP contribution is 2.35. The predicted octanol–water partition coefficient (Wildman–Crippen LogP) is 7.96. The summed E-state index contributed by atoms with van der Waals surface area (Å²) in [6.07, 6.45) is 13.7. The number of benzene rings is 2. The molecule has 30 heavy (non-hydrogen) atoms. The van der Waals surface area contributed by atoms with Crippen LogP contribution in [0, 0.1) is 0 Å². The first-order valence-electron chi connectivity index (χ1n) is 11.9. The molecule has 2 aliphatic rings. The van der Waals surface area contributed by atoms with Gasteiger partial charge in [-0.1, -0.05) is 74.9 Å². The van der Waals surface area contributed by atoms with Crippen molar-refractivity contribution in [2.45, 2.75) is 76.3 Å². The molecule has 0 bridgehead atoms. The highest BCUT2D eigenvalue weighted by atomic mass is 32.2. The molecular formula is C26H36N2S2. The van der Waals surface area contributed by atoms with Crippen molar-refractivity contribution in [2.24, 2.45) is 0 Å². The molecule has 0 unspecified atom stereocenters. The summed E-state index contributed by atoms with van der Waals surface area (Å²) < 4.78 is 5.26. The largest absolute Gasteiger partial charge is 0.313 e. The van der Waals surface area contributed by atoms with E-state index in [2.05, 4.69) is 93.2 Å². The van der Waals surface area contributed by atoms with Crippen molar-refractivity contribution in [1.29, 1.82) is 0 Å². The van der Waals surface area contributed by atoms with Crippen LogP contribution in [0.1, 0.15) is 64.2 Å². The summed E-state index contributed by atoms with van der Waals surface area (Å²) in [4.78, 5) is 0. The topological polar surface area (TPSA) is 6.48 Å². The highest BCUT2D eigenvalue weighted by molar-refractivity contribution is 8.04. The fraction of sp³-hybridized carbons (Fsp3) is 0.538. The Morgan fingerprint density at radius 3 is 1.27 bits per heavy atom. The second kappa shape index (κ2) is 12.0. The van der Waals surface area contributed by atoms with E-state index in [9.17, 15) is 0 Å². The van der Waals surface area contributed by atoms with Crippen LogP contribution in [0.15, 0.2) is 60.7 Å². The number of rotatable bonds is 9. The summed E-state index contributed by atoms with van der Waals surface area (Å²) in [5.41, 5.74) is 2.76. The molecule has 0 heterocycles. The molecule has 2 nitrogen and oxygen atoms in total. The zero-order chi connectivity index (χ0) is 20.4. The third-order valence-electron chi connectivity index (χ3n) is 6.38. The number of hydrogen-bond donors (Lipinski definition) is 0. The van der Waals surface area contributed by atoms with Gasteiger partial charge >= 0.3 is 0 Å². The summed E-state index contributed by atoms with van der Waals surface area (Å²) in [5.74, 6) is 2.32. The van der Waals surface area contributed by atoms with Crippen molar-refractivity contribution < 1.29 is 0 Å². The van der Waals surface area contributed by atoms with Crippen molar-refractivity contribution in [2.75, 3.05) is 20.1 Å². The van der Waals surface area contributed by atoms with Crippen molar-refractivity contribution >= 4 is 35.3 Å². The van der Waals surface area contributed by atoms with Crippen LogP contribution in [-0.2, 0) is 0 Å². The Balaban J connectivity index is 1.36. The van der Waals surface area contributed by atoms with Gasteiger partial charge < -0.3 is 8.61 Å². The van der Waals surface area contributed by atoms with E-state index in [1.807, 2.05) is 0 Å². The van der Waals surface area contributed by atoms with Crippen LogP contribution in [0.5, 0.6) is 0 Å². The van der Waals surface area contributed by atoms with E-state index in [4.69, 9.17) is 0 Å². The Morgan fingerprint density at radius 1 is 0.533 bits per heavy atom. The van der Waals surface area contributed by atoms with E-state index in [0.29, 0.717) is 12.1 Å². The van der Waals surface area contributed by atoms with Gasteiger partial charge in [-0.25, -0.2) is 0 Å². The van der Waals surface area contributed by atoms with E-state index in [-0.39, 0.29) is 0 Å². The fourth-order valence-corrected chi connectivity index (χ4v) is 7.21. The molecule has 2 aromatic carbocycles. The van der Waals surface area contributed by atoms with Gasteiger partial charge in [0.1, 0.15) is 0 Å². The van der Waals surface area contributed by atoms with E-state index in [1.165, 1.54) is 75.6 Å². The molecule has 2 aromatic rings. The minimum Gasteiger partial charge on any atom is -0.313 e. The molecule has 0 atom stereocenters. The molecule has 2 saturated carbocycles. The van der Waals surface area contributed by atoms with Crippen molar-refractivity contribution in [3.63, 3.8) is 0 Å². The van der Waals surface area contributed by atoms with Crippen molar-refractivity contribution in [3.05, 3.63) is 60.7 Å². The fourth-order valence-electron chi connectivity index (χ4n) is 4.83. The normalized spacial score (nSPS) is 18.3. The van der Waals surface area contributed by atoms with E-state index in [1.54, 1.807) is 0 Å². The monoisotopic (exact) mass is 440 g/mol. The van der Waals surface area contributed by atoms with Crippen molar-refractivity contribution in [3.8, 4) is 0 Å². The molecule has 4 rings (SSSR count). The van der Waals surface area contributed by atoms with Crippen LogP contribution in [-0.4, -0.2) is 23.6 Å². The van der Waals surface area contributed by atoms with Gasteiger partial charge in [-0.3, -0.25) is 0 Å². The smallest absolute Gasteiger partial charge is 0.0473 e. The van der Waals surface area contributed by atoms with Crippen molar-refractivity contribution in [1.82, 2.24) is 0 Å². The Hall–Kier alpha value is -1.26. The van der Waals surface area contributed by atoms with E-state index >= 15 is 0 Å². The second-order valence-electron chi connectivity index (χ2n) is 8.57. The molecule has 0 amide bonds. The molecule has 0 N–H and O–H groups in total. The minimum atomic E-state index is 0.694. The lowest BCUT2D eigenvalue weighted by Gasteiger charge is -2.36. The van der Waals surface area contributed by atoms with Gasteiger partial charge in [-0.15, -0.1) is 0 Å². The summed E-state index contributed by atoms with van der Waals surface area (Å²) >= 11 is 4.10. The Kier molecular flexibility index (Phi) is 8.74. The van der Waals surface area contributed by atoms with Crippen LogP contribution in [0.4, 0.5) is 11.4 Å². The van der Waals surface area contributed by atoms with E-state index in [0.717, 1.165) is 11.5 Å². The molecule has 162 valence electrons. The lowest BCUT2D eigenvalue weighted by Crippen LogP contribution is -2.33. The quantitative estimate of drug-likeness (QED) is 0.288.